The van der Waals surface area contributed by atoms with Gasteiger partial charge in [-0.05, 0) is 41.8 Å². The molecule has 0 amide bonds. The highest BCUT2D eigenvalue weighted by Crippen LogP contribution is 2.30. The summed E-state index contributed by atoms with van der Waals surface area (Å²) in [5.74, 6) is -0.381. The van der Waals surface area contributed by atoms with E-state index in [9.17, 15) is 4.39 Å². The fraction of sp³-hybridized carbons (Fsp3) is 0.500. The molecule has 0 aliphatic heterocycles. The van der Waals surface area contributed by atoms with Crippen LogP contribution in [0.4, 0.5) is 15.8 Å². The molecule has 0 aliphatic rings. The van der Waals surface area contributed by atoms with Gasteiger partial charge in [0.05, 0.1) is 15.8 Å². The van der Waals surface area contributed by atoms with Crippen LogP contribution in [0, 0.1) is 5.82 Å². The monoisotopic (exact) mass is 304 g/mol. The SMILES string of the molecule is CCC(C)(CCO)Nc1cc(Br)c(F)cc1N. The molecule has 0 radical (unpaired) electrons. The highest BCUT2D eigenvalue weighted by Gasteiger charge is 2.22. The highest BCUT2D eigenvalue weighted by molar-refractivity contribution is 9.10. The minimum Gasteiger partial charge on any atom is -0.397 e. The first-order valence-electron chi connectivity index (χ1n) is 5.55. The lowest BCUT2D eigenvalue weighted by Gasteiger charge is -2.31. The normalized spacial score (nSPS) is 14.4. The molecule has 1 atom stereocenters. The van der Waals surface area contributed by atoms with E-state index in [1.807, 2.05) is 13.8 Å². The number of rotatable bonds is 5. The predicted octanol–water partition coefficient (Wildman–Crippen LogP) is 3.13. The second kappa shape index (κ2) is 5.69. The summed E-state index contributed by atoms with van der Waals surface area (Å²) in [7, 11) is 0. The van der Waals surface area contributed by atoms with Gasteiger partial charge in [0.25, 0.3) is 0 Å². The number of benzene rings is 1. The maximum atomic E-state index is 13.2. The lowest BCUT2D eigenvalue weighted by molar-refractivity contribution is 0.252. The van der Waals surface area contributed by atoms with Crippen molar-refractivity contribution >= 4 is 27.3 Å². The van der Waals surface area contributed by atoms with E-state index in [0.29, 0.717) is 22.3 Å². The van der Waals surface area contributed by atoms with E-state index in [0.717, 1.165) is 6.42 Å². The molecule has 1 unspecified atom stereocenters. The number of hydrogen-bond acceptors (Lipinski definition) is 3. The van der Waals surface area contributed by atoms with Crippen LogP contribution in [0.3, 0.4) is 0 Å². The van der Waals surface area contributed by atoms with Crippen LogP contribution >= 0.6 is 15.9 Å². The minimum absolute atomic E-state index is 0.0968. The highest BCUT2D eigenvalue weighted by atomic mass is 79.9. The van der Waals surface area contributed by atoms with Gasteiger partial charge in [-0.3, -0.25) is 0 Å². The molecule has 0 saturated heterocycles. The minimum atomic E-state index is -0.381. The Balaban J connectivity index is 2.97. The van der Waals surface area contributed by atoms with Crippen LogP contribution in [0.5, 0.6) is 0 Å². The number of nitrogen functional groups attached to an aromatic ring is 1. The number of anilines is 2. The number of aliphatic hydroxyl groups is 1. The van der Waals surface area contributed by atoms with Gasteiger partial charge in [0.2, 0.25) is 0 Å². The van der Waals surface area contributed by atoms with E-state index in [4.69, 9.17) is 10.8 Å². The standard InChI is InChI=1S/C12H18BrFN2O/c1-3-12(2,4-5-17)16-11-6-8(13)9(14)7-10(11)15/h6-7,16-17H,3-5,15H2,1-2H3. The maximum Gasteiger partial charge on any atom is 0.139 e. The first-order valence-corrected chi connectivity index (χ1v) is 6.34. The van der Waals surface area contributed by atoms with Crippen molar-refractivity contribution in [2.45, 2.75) is 32.2 Å². The number of aliphatic hydroxyl groups excluding tert-OH is 1. The van der Waals surface area contributed by atoms with Gasteiger partial charge in [0, 0.05) is 18.2 Å². The lowest BCUT2D eigenvalue weighted by Crippen LogP contribution is -2.35. The summed E-state index contributed by atoms with van der Waals surface area (Å²) in [5, 5.41) is 12.3. The molecule has 3 nitrogen and oxygen atoms in total. The molecule has 0 bridgehead atoms. The van der Waals surface area contributed by atoms with Crippen LogP contribution < -0.4 is 11.1 Å². The van der Waals surface area contributed by atoms with Crippen molar-refractivity contribution in [3.63, 3.8) is 0 Å². The summed E-state index contributed by atoms with van der Waals surface area (Å²) < 4.78 is 13.6. The molecule has 0 spiro atoms. The second-order valence-corrected chi connectivity index (χ2v) is 5.22. The third-order valence-electron chi connectivity index (χ3n) is 2.97. The molecule has 0 saturated carbocycles. The zero-order valence-electron chi connectivity index (χ0n) is 10.1. The van der Waals surface area contributed by atoms with Gasteiger partial charge < -0.3 is 16.2 Å². The molecule has 96 valence electrons. The van der Waals surface area contributed by atoms with Crippen molar-refractivity contribution < 1.29 is 9.50 Å². The Kier molecular flexibility index (Phi) is 4.77. The zero-order valence-corrected chi connectivity index (χ0v) is 11.6. The Morgan fingerprint density at radius 2 is 2.18 bits per heavy atom. The van der Waals surface area contributed by atoms with Gasteiger partial charge in [0.1, 0.15) is 5.82 Å². The molecular formula is C12H18BrFN2O. The van der Waals surface area contributed by atoms with Gasteiger partial charge in [-0.2, -0.15) is 0 Å². The Morgan fingerprint density at radius 1 is 1.53 bits per heavy atom. The maximum absolute atomic E-state index is 13.2. The average molecular weight is 305 g/mol. The number of nitrogens with two attached hydrogens (primary N) is 1. The molecule has 5 heteroatoms. The van der Waals surface area contributed by atoms with Crippen molar-refractivity contribution in [2.75, 3.05) is 17.7 Å². The topological polar surface area (TPSA) is 58.3 Å². The Morgan fingerprint density at radius 3 is 2.71 bits per heavy atom. The van der Waals surface area contributed by atoms with Crippen LogP contribution in [0.15, 0.2) is 16.6 Å². The number of hydrogen-bond donors (Lipinski definition) is 3. The van der Waals surface area contributed by atoms with E-state index >= 15 is 0 Å². The molecule has 0 aliphatic carbocycles. The quantitative estimate of drug-likeness (QED) is 0.733. The van der Waals surface area contributed by atoms with Crippen molar-refractivity contribution in [2.24, 2.45) is 0 Å². The van der Waals surface area contributed by atoms with Crippen LogP contribution in [-0.4, -0.2) is 17.3 Å². The first-order chi connectivity index (χ1) is 7.91. The molecular weight excluding hydrogens is 287 g/mol. The lowest BCUT2D eigenvalue weighted by atomic mass is 9.94. The fourth-order valence-electron chi connectivity index (χ4n) is 1.57. The van der Waals surface area contributed by atoms with E-state index in [2.05, 4.69) is 21.2 Å². The van der Waals surface area contributed by atoms with E-state index in [-0.39, 0.29) is 18.0 Å². The predicted molar refractivity (Wildman–Crippen MR) is 72.5 cm³/mol. The van der Waals surface area contributed by atoms with Gasteiger partial charge in [-0.15, -0.1) is 0 Å². The molecule has 0 fully saturated rings. The van der Waals surface area contributed by atoms with Crippen LogP contribution in [0.1, 0.15) is 26.7 Å². The zero-order chi connectivity index (χ0) is 13.1. The van der Waals surface area contributed by atoms with Crippen molar-refractivity contribution in [1.29, 1.82) is 0 Å². The van der Waals surface area contributed by atoms with Crippen LogP contribution in [0.25, 0.3) is 0 Å². The Bertz CT molecular complexity index is 400. The largest absolute Gasteiger partial charge is 0.397 e. The summed E-state index contributed by atoms with van der Waals surface area (Å²) in [6.07, 6.45) is 1.44. The van der Waals surface area contributed by atoms with Gasteiger partial charge in [0.15, 0.2) is 0 Å². The smallest absolute Gasteiger partial charge is 0.139 e. The van der Waals surface area contributed by atoms with Gasteiger partial charge in [-0.25, -0.2) is 4.39 Å². The average Bonchev–Trinajstić information content (AvgIpc) is 2.26. The molecule has 1 aromatic carbocycles. The van der Waals surface area contributed by atoms with Crippen molar-refractivity contribution in [3.05, 3.63) is 22.4 Å². The first kappa shape index (κ1) is 14.3. The molecule has 17 heavy (non-hydrogen) atoms. The number of halogens is 2. The van der Waals surface area contributed by atoms with Crippen molar-refractivity contribution in [3.8, 4) is 0 Å². The summed E-state index contributed by atoms with van der Waals surface area (Å²) in [5.41, 5.74) is 6.55. The third-order valence-corrected chi connectivity index (χ3v) is 3.58. The Labute approximate surface area is 109 Å². The Hall–Kier alpha value is -0.810. The van der Waals surface area contributed by atoms with E-state index in [1.165, 1.54) is 6.07 Å². The summed E-state index contributed by atoms with van der Waals surface area (Å²) >= 11 is 3.13. The molecule has 1 rings (SSSR count). The number of nitrogens with one attached hydrogen (secondary N) is 1. The molecule has 1 aromatic rings. The fourth-order valence-corrected chi connectivity index (χ4v) is 1.91. The van der Waals surface area contributed by atoms with Gasteiger partial charge >= 0.3 is 0 Å². The second-order valence-electron chi connectivity index (χ2n) is 4.37. The van der Waals surface area contributed by atoms with E-state index < -0.39 is 0 Å². The molecule has 4 N–H and O–H groups in total. The third kappa shape index (κ3) is 3.57. The van der Waals surface area contributed by atoms with Crippen LogP contribution in [0.2, 0.25) is 0 Å². The summed E-state index contributed by atoms with van der Waals surface area (Å²) in [4.78, 5) is 0. The molecule has 0 heterocycles. The van der Waals surface area contributed by atoms with Crippen LogP contribution in [-0.2, 0) is 0 Å². The van der Waals surface area contributed by atoms with Gasteiger partial charge in [-0.1, -0.05) is 6.92 Å². The van der Waals surface area contributed by atoms with Crippen molar-refractivity contribution in [1.82, 2.24) is 0 Å². The van der Waals surface area contributed by atoms with E-state index in [1.54, 1.807) is 6.07 Å². The molecule has 0 aromatic heterocycles. The summed E-state index contributed by atoms with van der Waals surface area (Å²) in [6.45, 7) is 4.12. The summed E-state index contributed by atoms with van der Waals surface area (Å²) in [6, 6.07) is 2.90.